The number of esters is 1. The van der Waals surface area contributed by atoms with Gasteiger partial charge in [-0.2, -0.15) is 0 Å². The summed E-state index contributed by atoms with van der Waals surface area (Å²) in [4.78, 5) is 11.3. The predicted octanol–water partition coefficient (Wildman–Crippen LogP) is 1.74. The summed E-state index contributed by atoms with van der Waals surface area (Å²) < 4.78 is 10.4. The Morgan fingerprint density at radius 1 is 1.40 bits per heavy atom. The van der Waals surface area contributed by atoms with Crippen LogP contribution in [0.25, 0.3) is 0 Å². The fraction of sp³-hybridized carbons (Fsp3) is 0.357. The standard InChI is InChI=1S/C12H19N2O3P.C2H2/c1-10(12(15)16-2)14-18(9-8-13)17-11-6-4-3-5-7-11;1-2/h3-7,10,14H,8-9,13H2,1-2H3;1-2H. The first-order valence-corrected chi connectivity index (χ1v) is 7.49. The van der Waals surface area contributed by atoms with Crippen LogP contribution in [0.1, 0.15) is 6.92 Å². The zero-order chi connectivity index (χ0) is 15.4. The Balaban J connectivity index is 0.00000172. The number of hydrogen-bond acceptors (Lipinski definition) is 5. The monoisotopic (exact) mass is 296 g/mol. The first kappa shape index (κ1) is 18.4. The van der Waals surface area contributed by atoms with Crippen molar-refractivity contribution in [1.29, 1.82) is 0 Å². The highest BCUT2D eigenvalue weighted by molar-refractivity contribution is 7.50. The van der Waals surface area contributed by atoms with Crippen molar-refractivity contribution in [3.05, 3.63) is 30.3 Å². The van der Waals surface area contributed by atoms with Crippen LogP contribution in [-0.4, -0.2) is 31.8 Å². The zero-order valence-electron chi connectivity index (χ0n) is 11.8. The van der Waals surface area contributed by atoms with Gasteiger partial charge in [0, 0.05) is 12.7 Å². The van der Waals surface area contributed by atoms with Gasteiger partial charge in [0.1, 0.15) is 11.8 Å². The summed E-state index contributed by atoms with van der Waals surface area (Å²) in [5, 5.41) is 3.11. The number of benzene rings is 1. The number of carbonyl (C=O) groups is 1. The summed E-state index contributed by atoms with van der Waals surface area (Å²) in [7, 11) is 0.374. The van der Waals surface area contributed by atoms with Crippen molar-refractivity contribution < 1.29 is 14.1 Å². The van der Waals surface area contributed by atoms with E-state index in [1.807, 2.05) is 30.3 Å². The number of nitrogens with two attached hydrogens (primary N) is 1. The Hall–Kier alpha value is -1.60. The van der Waals surface area contributed by atoms with Crippen LogP contribution in [0.4, 0.5) is 0 Å². The first-order valence-electron chi connectivity index (χ1n) is 6.05. The molecule has 0 heterocycles. The van der Waals surface area contributed by atoms with Crippen LogP contribution in [0.15, 0.2) is 30.3 Å². The minimum atomic E-state index is -0.990. The van der Waals surface area contributed by atoms with E-state index in [9.17, 15) is 4.79 Å². The molecule has 0 saturated carbocycles. The predicted molar refractivity (Wildman–Crippen MR) is 82.4 cm³/mol. The number of para-hydroxylation sites is 1. The Morgan fingerprint density at radius 2 is 2.00 bits per heavy atom. The third kappa shape index (κ3) is 7.10. The summed E-state index contributed by atoms with van der Waals surface area (Å²) in [5.41, 5.74) is 5.55. The molecule has 1 rings (SSSR count). The maximum Gasteiger partial charge on any atom is 0.322 e. The summed E-state index contributed by atoms with van der Waals surface area (Å²) in [5.74, 6) is 0.456. The highest BCUT2D eigenvalue weighted by atomic mass is 31.2. The Morgan fingerprint density at radius 3 is 2.50 bits per heavy atom. The summed E-state index contributed by atoms with van der Waals surface area (Å²) >= 11 is 0. The summed E-state index contributed by atoms with van der Waals surface area (Å²) in [6.45, 7) is 2.24. The van der Waals surface area contributed by atoms with Crippen molar-refractivity contribution in [2.45, 2.75) is 13.0 Å². The Kier molecular flexibility index (Phi) is 10.3. The second kappa shape index (κ2) is 11.2. The molecule has 0 fully saturated rings. The van der Waals surface area contributed by atoms with Crippen LogP contribution in [0, 0.1) is 12.8 Å². The average Bonchev–Trinajstić information content (AvgIpc) is 2.49. The van der Waals surface area contributed by atoms with Gasteiger partial charge in [-0.3, -0.25) is 9.88 Å². The highest BCUT2D eigenvalue weighted by Crippen LogP contribution is 2.33. The number of carbonyl (C=O) groups excluding carboxylic acids is 1. The zero-order valence-corrected chi connectivity index (χ0v) is 12.7. The lowest BCUT2D eigenvalue weighted by Crippen LogP contribution is -2.33. The van der Waals surface area contributed by atoms with Gasteiger partial charge in [0.25, 0.3) is 0 Å². The molecule has 0 radical (unpaired) electrons. The maximum atomic E-state index is 11.3. The van der Waals surface area contributed by atoms with Crippen molar-refractivity contribution in [2.24, 2.45) is 5.73 Å². The van der Waals surface area contributed by atoms with Gasteiger partial charge in [-0.25, -0.2) is 0 Å². The van der Waals surface area contributed by atoms with Crippen LogP contribution in [0.5, 0.6) is 5.75 Å². The first-order chi connectivity index (χ1) is 9.67. The number of ether oxygens (including phenoxy) is 1. The lowest BCUT2D eigenvalue weighted by Gasteiger charge is -2.21. The van der Waals surface area contributed by atoms with Crippen LogP contribution in [0.2, 0.25) is 0 Å². The molecule has 20 heavy (non-hydrogen) atoms. The molecule has 5 nitrogen and oxygen atoms in total. The molecule has 0 aliphatic heterocycles. The molecule has 0 saturated heterocycles. The van der Waals surface area contributed by atoms with Gasteiger partial charge in [0.05, 0.1) is 7.11 Å². The van der Waals surface area contributed by atoms with E-state index in [0.717, 1.165) is 5.75 Å². The second-order valence-electron chi connectivity index (χ2n) is 3.67. The van der Waals surface area contributed by atoms with Gasteiger partial charge < -0.3 is 15.0 Å². The molecule has 6 heteroatoms. The number of terminal acetylenes is 1. The average molecular weight is 296 g/mol. The van der Waals surface area contributed by atoms with E-state index in [4.69, 9.17) is 10.3 Å². The van der Waals surface area contributed by atoms with Gasteiger partial charge in [-0.15, -0.1) is 12.8 Å². The van der Waals surface area contributed by atoms with Gasteiger partial charge in [-0.1, -0.05) is 18.2 Å². The minimum Gasteiger partial charge on any atom is -0.468 e. The maximum absolute atomic E-state index is 11.3. The second-order valence-corrected chi connectivity index (χ2v) is 5.31. The number of methoxy groups -OCH3 is 1. The molecule has 0 aliphatic carbocycles. The van der Waals surface area contributed by atoms with Crippen LogP contribution < -0.4 is 15.3 Å². The molecule has 2 unspecified atom stereocenters. The molecule has 0 bridgehead atoms. The topological polar surface area (TPSA) is 73.6 Å². The third-order valence-electron chi connectivity index (χ3n) is 2.18. The molecule has 110 valence electrons. The fourth-order valence-electron chi connectivity index (χ4n) is 1.31. The van der Waals surface area contributed by atoms with E-state index in [-0.39, 0.29) is 5.97 Å². The van der Waals surface area contributed by atoms with Crippen molar-refractivity contribution in [3.8, 4) is 18.6 Å². The Labute approximate surface area is 121 Å². The summed E-state index contributed by atoms with van der Waals surface area (Å²) in [6, 6.07) is 9.05. The molecule has 0 aliphatic rings. The van der Waals surface area contributed by atoms with E-state index in [1.165, 1.54) is 7.11 Å². The van der Waals surface area contributed by atoms with Crippen molar-refractivity contribution in [3.63, 3.8) is 0 Å². The minimum absolute atomic E-state index is 0.309. The van der Waals surface area contributed by atoms with Gasteiger partial charge in [0.15, 0.2) is 8.30 Å². The molecule has 1 aromatic rings. The van der Waals surface area contributed by atoms with E-state index < -0.39 is 14.3 Å². The van der Waals surface area contributed by atoms with E-state index in [2.05, 4.69) is 22.7 Å². The largest absolute Gasteiger partial charge is 0.468 e. The van der Waals surface area contributed by atoms with Crippen LogP contribution in [0.3, 0.4) is 0 Å². The normalized spacial score (nSPS) is 12.4. The lowest BCUT2D eigenvalue weighted by atomic mass is 10.3. The molecule has 0 amide bonds. The number of nitrogens with one attached hydrogen (secondary N) is 1. The Bertz CT molecular complexity index is 398. The van der Waals surface area contributed by atoms with E-state index >= 15 is 0 Å². The van der Waals surface area contributed by atoms with Crippen molar-refractivity contribution in [2.75, 3.05) is 19.8 Å². The van der Waals surface area contributed by atoms with E-state index in [0.29, 0.717) is 12.7 Å². The molecule has 3 N–H and O–H groups in total. The number of rotatable bonds is 7. The van der Waals surface area contributed by atoms with Crippen molar-refractivity contribution in [1.82, 2.24) is 5.09 Å². The molecule has 1 aromatic carbocycles. The smallest absolute Gasteiger partial charge is 0.322 e. The lowest BCUT2D eigenvalue weighted by molar-refractivity contribution is -0.142. The fourth-order valence-corrected chi connectivity index (χ4v) is 2.73. The van der Waals surface area contributed by atoms with Crippen molar-refractivity contribution >= 4 is 14.3 Å². The SMILES string of the molecule is C#C.COC(=O)C(C)NP(CCN)Oc1ccccc1. The number of hydrogen-bond donors (Lipinski definition) is 2. The van der Waals surface area contributed by atoms with Gasteiger partial charge in [0.2, 0.25) is 0 Å². The molecular weight excluding hydrogens is 275 g/mol. The molecule has 2 atom stereocenters. The molecule has 0 spiro atoms. The highest BCUT2D eigenvalue weighted by Gasteiger charge is 2.19. The van der Waals surface area contributed by atoms with Gasteiger partial charge in [-0.05, 0) is 19.1 Å². The van der Waals surface area contributed by atoms with Crippen LogP contribution >= 0.6 is 8.30 Å². The van der Waals surface area contributed by atoms with E-state index in [1.54, 1.807) is 6.92 Å². The summed E-state index contributed by atoms with van der Waals surface area (Å²) in [6.07, 6.45) is 8.67. The van der Waals surface area contributed by atoms with Crippen LogP contribution in [-0.2, 0) is 9.53 Å². The third-order valence-corrected chi connectivity index (χ3v) is 3.95. The molecular formula is C14H21N2O3P. The molecule has 0 aromatic heterocycles. The van der Waals surface area contributed by atoms with Gasteiger partial charge >= 0.3 is 5.97 Å². The quantitative estimate of drug-likeness (QED) is 0.455.